The fraction of sp³-hybridized carbons (Fsp3) is 0.250. The van der Waals surface area contributed by atoms with E-state index < -0.39 is 28.4 Å². The number of rotatable bonds is 9. The number of allylic oxidation sites excluding steroid dienone is 1. The van der Waals surface area contributed by atoms with Crippen molar-refractivity contribution in [3.63, 3.8) is 0 Å². The summed E-state index contributed by atoms with van der Waals surface area (Å²) in [6, 6.07) is 14.1. The van der Waals surface area contributed by atoms with Crippen LogP contribution in [0.1, 0.15) is 23.6 Å². The SMILES string of the molecule is CN(C)CCCN1C(=O)C(O)=C(C(=O)C=Cc2ccccc2)C1c1ccc([N+](=O)[O-])cc1. The molecule has 3 rings (SSSR count). The molecule has 32 heavy (non-hydrogen) atoms. The van der Waals surface area contributed by atoms with E-state index in [0.29, 0.717) is 25.1 Å². The smallest absolute Gasteiger partial charge is 0.290 e. The van der Waals surface area contributed by atoms with E-state index in [4.69, 9.17) is 0 Å². The summed E-state index contributed by atoms with van der Waals surface area (Å²) in [4.78, 5) is 39.8. The van der Waals surface area contributed by atoms with Crippen molar-refractivity contribution in [1.82, 2.24) is 9.80 Å². The molecule has 1 aliphatic rings. The Hall–Kier alpha value is -3.78. The number of nitro groups is 1. The topological polar surface area (TPSA) is 104 Å². The molecule has 0 saturated heterocycles. The van der Waals surface area contributed by atoms with Gasteiger partial charge in [0.2, 0.25) is 0 Å². The average Bonchev–Trinajstić information content (AvgIpc) is 3.03. The van der Waals surface area contributed by atoms with Crippen LogP contribution in [0.5, 0.6) is 0 Å². The minimum absolute atomic E-state index is 0.0270. The van der Waals surface area contributed by atoms with Crippen molar-refractivity contribution in [1.29, 1.82) is 0 Å². The van der Waals surface area contributed by atoms with E-state index >= 15 is 0 Å². The van der Waals surface area contributed by atoms with E-state index in [1.807, 2.05) is 49.3 Å². The summed E-state index contributed by atoms with van der Waals surface area (Å²) in [5.41, 5.74) is 1.21. The molecule has 2 aromatic carbocycles. The lowest BCUT2D eigenvalue weighted by Gasteiger charge is -2.27. The van der Waals surface area contributed by atoms with E-state index in [1.165, 1.54) is 35.2 Å². The van der Waals surface area contributed by atoms with Crippen molar-refractivity contribution in [2.24, 2.45) is 0 Å². The van der Waals surface area contributed by atoms with Crippen molar-refractivity contribution in [3.05, 3.63) is 93.2 Å². The third-order valence-corrected chi connectivity index (χ3v) is 5.22. The van der Waals surface area contributed by atoms with Crippen molar-refractivity contribution in [2.75, 3.05) is 27.2 Å². The molecule has 166 valence electrons. The molecule has 0 aromatic heterocycles. The number of aliphatic hydroxyl groups is 1. The van der Waals surface area contributed by atoms with Gasteiger partial charge in [0.05, 0.1) is 16.5 Å². The molecule has 1 atom stereocenters. The Morgan fingerprint density at radius 3 is 2.41 bits per heavy atom. The van der Waals surface area contributed by atoms with Crippen LogP contribution >= 0.6 is 0 Å². The van der Waals surface area contributed by atoms with Gasteiger partial charge in [0.25, 0.3) is 11.6 Å². The lowest BCUT2D eigenvalue weighted by molar-refractivity contribution is -0.384. The summed E-state index contributed by atoms with van der Waals surface area (Å²) in [7, 11) is 3.83. The van der Waals surface area contributed by atoms with E-state index in [-0.39, 0.29) is 11.3 Å². The molecule has 8 heteroatoms. The molecule has 0 aliphatic carbocycles. The second-order valence-electron chi connectivity index (χ2n) is 7.78. The third-order valence-electron chi connectivity index (χ3n) is 5.22. The highest BCUT2D eigenvalue weighted by molar-refractivity contribution is 6.14. The first-order valence-corrected chi connectivity index (χ1v) is 10.2. The van der Waals surface area contributed by atoms with Gasteiger partial charge in [-0.15, -0.1) is 0 Å². The normalized spacial score (nSPS) is 16.4. The van der Waals surface area contributed by atoms with E-state index in [1.54, 1.807) is 6.08 Å². The molecule has 1 N–H and O–H groups in total. The number of ketones is 1. The molecule has 2 aromatic rings. The standard InChI is InChI=1S/C24H25N3O5/c1-25(2)15-6-16-26-22(18-10-12-19(13-11-18)27(31)32)21(23(29)24(26)30)20(28)14-9-17-7-4-3-5-8-17/h3-5,7-14,22,29H,6,15-16H2,1-2H3. The molecular formula is C24H25N3O5. The zero-order chi connectivity index (χ0) is 23.3. The fourth-order valence-corrected chi connectivity index (χ4v) is 3.64. The van der Waals surface area contributed by atoms with Gasteiger partial charge in [0, 0.05) is 18.7 Å². The highest BCUT2D eigenvalue weighted by Crippen LogP contribution is 2.38. The van der Waals surface area contributed by atoms with Crippen LogP contribution in [0.3, 0.4) is 0 Å². The van der Waals surface area contributed by atoms with Gasteiger partial charge in [0.15, 0.2) is 11.5 Å². The molecule has 1 unspecified atom stereocenters. The summed E-state index contributed by atoms with van der Waals surface area (Å²) in [6.07, 6.45) is 3.58. The fourth-order valence-electron chi connectivity index (χ4n) is 3.64. The Labute approximate surface area is 186 Å². The number of nitro benzene ring substituents is 1. The zero-order valence-corrected chi connectivity index (χ0v) is 18.0. The van der Waals surface area contributed by atoms with Gasteiger partial charge < -0.3 is 14.9 Å². The predicted octanol–water partition coefficient (Wildman–Crippen LogP) is 3.52. The number of hydrogen-bond acceptors (Lipinski definition) is 6. The highest BCUT2D eigenvalue weighted by Gasteiger charge is 2.42. The Balaban J connectivity index is 1.95. The lowest BCUT2D eigenvalue weighted by atomic mass is 9.95. The number of benzene rings is 2. The van der Waals surface area contributed by atoms with Gasteiger partial charge >= 0.3 is 0 Å². The lowest BCUT2D eigenvalue weighted by Crippen LogP contribution is -2.33. The maximum Gasteiger partial charge on any atom is 0.290 e. The summed E-state index contributed by atoms with van der Waals surface area (Å²) < 4.78 is 0. The highest BCUT2D eigenvalue weighted by atomic mass is 16.6. The Morgan fingerprint density at radius 2 is 1.81 bits per heavy atom. The molecule has 1 aliphatic heterocycles. The minimum atomic E-state index is -0.821. The van der Waals surface area contributed by atoms with Crippen LogP contribution in [0.4, 0.5) is 5.69 Å². The van der Waals surface area contributed by atoms with Crippen molar-refractivity contribution in [3.8, 4) is 0 Å². The van der Waals surface area contributed by atoms with Gasteiger partial charge in [-0.3, -0.25) is 19.7 Å². The van der Waals surface area contributed by atoms with Crippen molar-refractivity contribution < 1.29 is 19.6 Å². The second-order valence-corrected chi connectivity index (χ2v) is 7.78. The summed E-state index contributed by atoms with van der Waals surface area (Å²) in [5, 5.41) is 21.6. The largest absolute Gasteiger partial charge is 0.503 e. The van der Waals surface area contributed by atoms with Crippen LogP contribution in [0.2, 0.25) is 0 Å². The zero-order valence-electron chi connectivity index (χ0n) is 18.0. The van der Waals surface area contributed by atoms with Crippen molar-refractivity contribution in [2.45, 2.75) is 12.5 Å². The average molecular weight is 435 g/mol. The Bertz CT molecular complexity index is 1060. The molecule has 8 nitrogen and oxygen atoms in total. The number of carbonyl (C=O) groups excluding carboxylic acids is 2. The summed E-state index contributed by atoms with van der Waals surface area (Å²) in [5.74, 6) is -1.69. The minimum Gasteiger partial charge on any atom is -0.503 e. The van der Waals surface area contributed by atoms with Crippen LogP contribution < -0.4 is 0 Å². The van der Waals surface area contributed by atoms with Gasteiger partial charge in [0.1, 0.15) is 0 Å². The molecule has 0 bridgehead atoms. The molecule has 0 radical (unpaired) electrons. The van der Waals surface area contributed by atoms with Crippen molar-refractivity contribution >= 4 is 23.5 Å². The van der Waals surface area contributed by atoms with E-state index in [2.05, 4.69) is 0 Å². The van der Waals surface area contributed by atoms with Gasteiger partial charge in [-0.2, -0.15) is 0 Å². The van der Waals surface area contributed by atoms with Crippen LogP contribution in [0, 0.1) is 10.1 Å². The van der Waals surface area contributed by atoms with Gasteiger partial charge in [-0.25, -0.2) is 0 Å². The van der Waals surface area contributed by atoms with Gasteiger partial charge in [-0.05, 0) is 56.4 Å². The quantitative estimate of drug-likeness (QED) is 0.367. The first kappa shape index (κ1) is 22.9. The third kappa shape index (κ3) is 5.09. The molecule has 0 fully saturated rings. The van der Waals surface area contributed by atoms with Gasteiger partial charge in [-0.1, -0.05) is 36.4 Å². The number of nitrogens with zero attached hydrogens (tertiary/aromatic N) is 3. The Morgan fingerprint density at radius 1 is 1.16 bits per heavy atom. The maximum absolute atomic E-state index is 13.1. The monoisotopic (exact) mass is 435 g/mol. The number of carbonyl (C=O) groups is 2. The predicted molar refractivity (Wildman–Crippen MR) is 121 cm³/mol. The Kier molecular flexibility index (Phi) is 7.17. The molecule has 1 heterocycles. The molecule has 0 saturated carbocycles. The summed E-state index contributed by atoms with van der Waals surface area (Å²) >= 11 is 0. The number of non-ortho nitro benzene ring substituents is 1. The first-order valence-electron chi connectivity index (χ1n) is 10.2. The molecule has 0 spiro atoms. The van der Waals surface area contributed by atoms with E-state index in [0.717, 1.165) is 5.56 Å². The summed E-state index contributed by atoms with van der Waals surface area (Å²) in [6.45, 7) is 1.04. The maximum atomic E-state index is 13.1. The number of aliphatic hydroxyl groups excluding tert-OH is 1. The first-order chi connectivity index (χ1) is 15.3. The van der Waals surface area contributed by atoms with Crippen LogP contribution in [-0.4, -0.2) is 58.7 Å². The van der Waals surface area contributed by atoms with E-state index in [9.17, 15) is 24.8 Å². The number of amides is 1. The molecule has 1 amide bonds. The van der Waals surface area contributed by atoms with Crippen LogP contribution in [0.15, 0.2) is 72.0 Å². The molecular weight excluding hydrogens is 410 g/mol. The second kappa shape index (κ2) is 10.0. The van der Waals surface area contributed by atoms with Crippen LogP contribution in [-0.2, 0) is 9.59 Å². The van der Waals surface area contributed by atoms with Crippen LogP contribution in [0.25, 0.3) is 6.08 Å². The number of hydrogen-bond donors (Lipinski definition) is 1.